The molecule has 0 saturated carbocycles. The number of rotatable bonds is 6. The number of nitrogens with two attached hydrogens (primary N) is 1. The van der Waals surface area contributed by atoms with Crippen molar-refractivity contribution in [3.63, 3.8) is 0 Å². The Bertz CT molecular complexity index is 530. The average Bonchev–Trinajstić information content (AvgIpc) is 2.86. The SMILES string of the molecule is CN(CCc1ccccc1)Cc1nc(C(C)(C)N)no1. The van der Waals surface area contributed by atoms with E-state index in [2.05, 4.69) is 39.3 Å². The topological polar surface area (TPSA) is 68.2 Å². The van der Waals surface area contributed by atoms with Gasteiger partial charge in [-0.1, -0.05) is 35.5 Å². The number of hydrogen-bond donors (Lipinski definition) is 1. The largest absolute Gasteiger partial charge is 0.338 e. The van der Waals surface area contributed by atoms with E-state index in [1.807, 2.05) is 27.0 Å². The molecule has 0 aliphatic rings. The van der Waals surface area contributed by atoms with Gasteiger partial charge in [-0.05, 0) is 32.9 Å². The first kappa shape index (κ1) is 14.7. The van der Waals surface area contributed by atoms with E-state index in [0.717, 1.165) is 13.0 Å². The van der Waals surface area contributed by atoms with E-state index in [1.165, 1.54) is 5.56 Å². The third-order valence-electron chi connectivity index (χ3n) is 3.07. The van der Waals surface area contributed by atoms with Crippen molar-refractivity contribution in [2.75, 3.05) is 13.6 Å². The Labute approximate surface area is 119 Å². The smallest absolute Gasteiger partial charge is 0.240 e. The quantitative estimate of drug-likeness (QED) is 0.872. The van der Waals surface area contributed by atoms with Crippen LogP contribution in [0, 0.1) is 0 Å². The summed E-state index contributed by atoms with van der Waals surface area (Å²) in [5.74, 6) is 1.15. The Morgan fingerprint density at radius 3 is 2.55 bits per heavy atom. The van der Waals surface area contributed by atoms with Crippen molar-refractivity contribution >= 4 is 0 Å². The molecule has 0 saturated heterocycles. The summed E-state index contributed by atoms with van der Waals surface area (Å²) in [6.45, 7) is 5.30. The Balaban J connectivity index is 1.85. The molecule has 0 fully saturated rings. The van der Waals surface area contributed by atoms with Gasteiger partial charge < -0.3 is 10.3 Å². The number of likely N-dealkylation sites (N-methyl/N-ethyl adjacent to an activating group) is 1. The molecule has 0 spiro atoms. The van der Waals surface area contributed by atoms with E-state index in [0.29, 0.717) is 18.3 Å². The second kappa shape index (κ2) is 6.15. The molecule has 108 valence electrons. The fourth-order valence-corrected chi connectivity index (χ4v) is 1.86. The number of hydrogen-bond acceptors (Lipinski definition) is 5. The third-order valence-corrected chi connectivity index (χ3v) is 3.07. The van der Waals surface area contributed by atoms with Crippen molar-refractivity contribution in [3.05, 3.63) is 47.6 Å². The molecule has 0 aliphatic heterocycles. The summed E-state index contributed by atoms with van der Waals surface area (Å²) < 4.78 is 5.23. The molecular weight excluding hydrogens is 252 g/mol. The van der Waals surface area contributed by atoms with E-state index >= 15 is 0 Å². The first-order valence-electron chi connectivity index (χ1n) is 6.79. The number of nitrogens with zero attached hydrogens (tertiary/aromatic N) is 3. The molecule has 2 N–H and O–H groups in total. The van der Waals surface area contributed by atoms with Gasteiger partial charge in [0, 0.05) is 6.54 Å². The Morgan fingerprint density at radius 2 is 1.95 bits per heavy atom. The van der Waals surface area contributed by atoms with E-state index in [1.54, 1.807) is 0 Å². The molecule has 0 radical (unpaired) electrons. The van der Waals surface area contributed by atoms with Crippen molar-refractivity contribution in [2.24, 2.45) is 5.73 Å². The predicted molar refractivity (Wildman–Crippen MR) is 78.0 cm³/mol. The number of benzene rings is 1. The van der Waals surface area contributed by atoms with E-state index in [-0.39, 0.29) is 0 Å². The monoisotopic (exact) mass is 274 g/mol. The summed E-state index contributed by atoms with van der Waals surface area (Å²) in [7, 11) is 2.04. The van der Waals surface area contributed by atoms with Crippen LogP contribution < -0.4 is 5.73 Å². The van der Waals surface area contributed by atoms with Crippen molar-refractivity contribution in [1.82, 2.24) is 15.0 Å². The van der Waals surface area contributed by atoms with Crippen LogP contribution in [0.4, 0.5) is 0 Å². The van der Waals surface area contributed by atoms with Crippen LogP contribution in [0.1, 0.15) is 31.1 Å². The van der Waals surface area contributed by atoms with E-state index in [4.69, 9.17) is 10.3 Å². The summed E-state index contributed by atoms with van der Waals surface area (Å²) >= 11 is 0. The molecule has 0 atom stereocenters. The maximum Gasteiger partial charge on any atom is 0.240 e. The van der Waals surface area contributed by atoms with Gasteiger partial charge in [-0.2, -0.15) is 4.98 Å². The van der Waals surface area contributed by atoms with Crippen LogP contribution in [0.25, 0.3) is 0 Å². The lowest BCUT2D eigenvalue weighted by Gasteiger charge is -2.14. The summed E-state index contributed by atoms with van der Waals surface area (Å²) in [6.07, 6.45) is 1.00. The van der Waals surface area contributed by atoms with Crippen molar-refractivity contribution in [3.8, 4) is 0 Å². The lowest BCUT2D eigenvalue weighted by molar-refractivity contribution is 0.267. The zero-order valence-corrected chi connectivity index (χ0v) is 12.3. The fraction of sp³-hybridized carbons (Fsp3) is 0.467. The third kappa shape index (κ3) is 4.15. The van der Waals surface area contributed by atoms with Crippen LogP contribution in [0.15, 0.2) is 34.9 Å². The molecular formula is C15H22N4O. The molecule has 0 unspecified atom stereocenters. The van der Waals surface area contributed by atoms with Crippen LogP contribution in [0.2, 0.25) is 0 Å². The summed E-state index contributed by atoms with van der Waals surface area (Å²) in [5.41, 5.74) is 6.70. The van der Waals surface area contributed by atoms with Gasteiger partial charge in [-0.3, -0.25) is 4.90 Å². The summed E-state index contributed by atoms with van der Waals surface area (Å²) in [4.78, 5) is 6.49. The summed E-state index contributed by atoms with van der Waals surface area (Å²) in [6, 6.07) is 10.4. The van der Waals surface area contributed by atoms with Gasteiger partial charge >= 0.3 is 0 Å². The van der Waals surface area contributed by atoms with Gasteiger partial charge in [0.2, 0.25) is 5.89 Å². The molecule has 5 nitrogen and oxygen atoms in total. The standard InChI is InChI=1S/C15H22N4O/c1-15(2,16)14-17-13(20-18-14)11-19(3)10-9-12-7-5-4-6-8-12/h4-8H,9-11,16H2,1-3H3. The van der Waals surface area contributed by atoms with Crippen LogP contribution in [0.3, 0.4) is 0 Å². The Morgan fingerprint density at radius 1 is 1.25 bits per heavy atom. The average molecular weight is 274 g/mol. The van der Waals surface area contributed by atoms with Gasteiger partial charge in [-0.25, -0.2) is 0 Å². The lowest BCUT2D eigenvalue weighted by Crippen LogP contribution is -2.30. The highest BCUT2D eigenvalue weighted by Gasteiger charge is 2.21. The van der Waals surface area contributed by atoms with Crippen molar-refractivity contribution < 1.29 is 4.52 Å². The highest BCUT2D eigenvalue weighted by molar-refractivity contribution is 5.14. The molecule has 1 aromatic heterocycles. The van der Waals surface area contributed by atoms with Gasteiger partial charge in [-0.15, -0.1) is 0 Å². The molecule has 0 aliphatic carbocycles. The lowest BCUT2D eigenvalue weighted by atomic mass is 10.1. The van der Waals surface area contributed by atoms with E-state index < -0.39 is 5.54 Å². The summed E-state index contributed by atoms with van der Waals surface area (Å²) in [5, 5.41) is 3.92. The maximum atomic E-state index is 5.94. The molecule has 1 heterocycles. The van der Waals surface area contributed by atoms with Crippen LogP contribution in [-0.4, -0.2) is 28.6 Å². The minimum absolute atomic E-state index is 0.545. The van der Waals surface area contributed by atoms with Crippen molar-refractivity contribution in [2.45, 2.75) is 32.4 Å². The first-order valence-corrected chi connectivity index (χ1v) is 6.79. The second-order valence-corrected chi connectivity index (χ2v) is 5.71. The first-order chi connectivity index (χ1) is 9.45. The highest BCUT2D eigenvalue weighted by Crippen LogP contribution is 2.13. The molecule has 2 rings (SSSR count). The minimum Gasteiger partial charge on any atom is -0.338 e. The zero-order chi connectivity index (χ0) is 14.6. The molecule has 5 heteroatoms. The van der Waals surface area contributed by atoms with Gasteiger partial charge in [0.15, 0.2) is 5.82 Å². The van der Waals surface area contributed by atoms with Crippen molar-refractivity contribution in [1.29, 1.82) is 0 Å². The van der Waals surface area contributed by atoms with Crippen LogP contribution >= 0.6 is 0 Å². The van der Waals surface area contributed by atoms with Gasteiger partial charge in [0.25, 0.3) is 0 Å². The van der Waals surface area contributed by atoms with Crippen LogP contribution in [0.5, 0.6) is 0 Å². The fourth-order valence-electron chi connectivity index (χ4n) is 1.86. The Kier molecular flexibility index (Phi) is 4.52. The van der Waals surface area contributed by atoms with Crippen LogP contribution in [-0.2, 0) is 18.5 Å². The normalized spacial score (nSPS) is 12.1. The molecule has 2 aromatic rings. The van der Waals surface area contributed by atoms with Gasteiger partial charge in [0.05, 0.1) is 12.1 Å². The van der Waals surface area contributed by atoms with E-state index in [9.17, 15) is 0 Å². The second-order valence-electron chi connectivity index (χ2n) is 5.71. The number of aromatic nitrogens is 2. The Hall–Kier alpha value is -1.72. The van der Waals surface area contributed by atoms with Gasteiger partial charge in [0.1, 0.15) is 0 Å². The highest BCUT2D eigenvalue weighted by atomic mass is 16.5. The zero-order valence-electron chi connectivity index (χ0n) is 12.3. The molecule has 0 amide bonds. The minimum atomic E-state index is -0.565. The maximum absolute atomic E-state index is 5.94. The molecule has 20 heavy (non-hydrogen) atoms. The molecule has 1 aromatic carbocycles. The predicted octanol–water partition coefficient (Wildman–Crippen LogP) is 1.94. The molecule has 0 bridgehead atoms.